The maximum Gasteiger partial charge on any atom is 0.573 e. The molecule has 0 heterocycles. The quantitative estimate of drug-likeness (QED) is 0.761. The normalized spacial score (nSPS) is 11.3. The lowest BCUT2D eigenvalue weighted by atomic mass is 10.3. The van der Waals surface area contributed by atoms with E-state index in [-0.39, 0.29) is 18.1 Å². The fourth-order valence-electron chi connectivity index (χ4n) is 1.15. The molecule has 6 heteroatoms. The maximum absolute atomic E-state index is 12.1. The van der Waals surface area contributed by atoms with Gasteiger partial charge in [0.05, 0.1) is 11.5 Å². The average molecular weight is 252 g/mol. The van der Waals surface area contributed by atoms with E-state index in [1.165, 1.54) is 23.9 Å². The molecule has 2 nitrogen and oxygen atoms in total. The first-order chi connectivity index (χ1) is 7.48. The lowest BCUT2D eigenvalue weighted by molar-refractivity contribution is -0.275. The highest BCUT2D eigenvalue weighted by molar-refractivity contribution is 7.98. The van der Waals surface area contributed by atoms with Crippen molar-refractivity contribution in [2.75, 3.05) is 12.9 Å². The molecule has 16 heavy (non-hydrogen) atoms. The van der Waals surface area contributed by atoms with Gasteiger partial charge in [0.25, 0.3) is 0 Å². The summed E-state index contributed by atoms with van der Waals surface area (Å²) in [5, 5.41) is 0. The number of hydrogen-bond acceptors (Lipinski definition) is 3. The van der Waals surface area contributed by atoms with Crippen LogP contribution >= 0.6 is 11.8 Å². The first-order valence-corrected chi connectivity index (χ1v) is 5.76. The molecule has 0 spiro atoms. The van der Waals surface area contributed by atoms with Crippen LogP contribution < -0.4 is 9.47 Å². The van der Waals surface area contributed by atoms with E-state index in [0.717, 1.165) is 0 Å². The summed E-state index contributed by atoms with van der Waals surface area (Å²) >= 11 is 1.30. The van der Waals surface area contributed by atoms with E-state index in [0.29, 0.717) is 4.90 Å². The second kappa shape index (κ2) is 5.34. The van der Waals surface area contributed by atoms with Crippen LogP contribution in [0.25, 0.3) is 0 Å². The van der Waals surface area contributed by atoms with Gasteiger partial charge in [-0.25, -0.2) is 0 Å². The van der Waals surface area contributed by atoms with Crippen LogP contribution in [-0.2, 0) is 0 Å². The SMILES string of the molecule is CCOc1c(OC(F)(F)F)cccc1SC. The van der Waals surface area contributed by atoms with Crippen molar-refractivity contribution in [1.29, 1.82) is 0 Å². The molecule has 0 atom stereocenters. The molecule has 0 bridgehead atoms. The summed E-state index contributed by atoms with van der Waals surface area (Å²) in [5.41, 5.74) is 0. The summed E-state index contributed by atoms with van der Waals surface area (Å²) in [4.78, 5) is 0.614. The second-order valence-electron chi connectivity index (χ2n) is 2.77. The van der Waals surface area contributed by atoms with Crippen molar-refractivity contribution in [2.24, 2.45) is 0 Å². The van der Waals surface area contributed by atoms with Crippen molar-refractivity contribution >= 4 is 11.8 Å². The molecule has 0 saturated carbocycles. The standard InChI is InChI=1S/C10H11F3O2S/c1-3-14-9-7(15-10(11,12)13)5-4-6-8(9)16-2/h4-6H,3H2,1-2H3. The molecule has 0 saturated heterocycles. The number of rotatable bonds is 4. The van der Waals surface area contributed by atoms with Crippen LogP contribution in [0.4, 0.5) is 13.2 Å². The van der Waals surface area contributed by atoms with E-state index in [4.69, 9.17) is 4.74 Å². The Morgan fingerprint density at radius 2 is 2.00 bits per heavy atom. The Hall–Kier alpha value is -1.04. The average Bonchev–Trinajstić information content (AvgIpc) is 2.18. The van der Waals surface area contributed by atoms with E-state index >= 15 is 0 Å². The third-order valence-electron chi connectivity index (χ3n) is 1.68. The largest absolute Gasteiger partial charge is 0.573 e. The minimum atomic E-state index is -4.71. The Labute approximate surface area is 95.7 Å². The van der Waals surface area contributed by atoms with Crippen molar-refractivity contribution in [3.63, 3.8) is 0 Å². The molecule has 1 rings (SSSR count). The van der Waals surface area contributed by atoms with Gasteiger partial charge in [-0.1, -0.05) is 6.07 Å². The number of hydrogen-bond donors (Lipinski definition) is 0. The van der Waals surface area contributed by atoms with Crippen LogP contribution in [0.1, 0.15) is 6.92 Å². The molecular formula is C10H11F3O2S. The number of benzene rings is 1. The molecule has 1 aromatic rings. The lowest BCUT2D eigenvalue weighted by Crippen LogP contribution is -2.17. The van der Waals surface area contributed by atoms with Gasteiger partial charge >= 0.3 is 6.36 Å². The Morgan fingerprint density at radius 1 is 1.31 bits per heavy atom. The van der Waals surface area contributed by atoms with E-state index in [1.807, 2.05) is 0 Å². The van der Waals surface area contributed by atoms with Crippen molar-refractivity contribution in [1.82, 2.24) is 0 Å². The predicted octanol–water partition coefficient (Wildman–Crippen LogP) is 3.71. The second-order valence-corrected chi connectivity index (χ2v) is 3.62. The van der Waals surface area contributed by atoms with E-state index < -0.39 is 6.36 Å². The minimum Gasteiger partial charge on any atom is -0.489 e. The van der Waals surface area contributed by atoms with E-state index in [9.17, 15) is 13.2 Å². The molecule has 0 fully saturated rings. The van der Waals surface area contributed by atoms with Crippen molar-refractivity contribution in [2.45, 2.75) is 18.2 Å². The summed E-state index contributed by atoms with van der Waals surface area (Å²) in [7, 11) is 0. The van der Waals surface area contributed by atoms with Crippen LogP contribution in [0.2, 0.25) is 0 Å². The van der Waals surface area contributed by atoms with Crippen LogP contribution in [0.5, 0.6) is 11.5 Å². The number of ether oxygens (including phenoxy) is 2. The molecule has 0 amide bonds. The molecule has 0 unspecified atom stereocenters. The van der Waals surface area contributed by atoms with Crippen LogP contribution in [0, 0.1) is 0 Å². The maximum atomic E-state index is 12.1. The molecule has 0 aliphatic carbocycles. The van der Waals surface area contributed by atoms with Gasteiger partial charge in [-0.3, -0.25) is 0 Å². The smallest absolute Gasteiger partial charge is 0.489 e. The van der Waals surface area contributed by atoms with Gasteiger partial charge in [-0.2, -0.15) is 0 Å². The number of thioether (sulfide) groups is 1. The highest BCUT2D eigenvalue weighted by Gasteiger charge is 2.32. The molecule has 0 N–H and O–H groups in total. The van der Waals surface area contributed by atoms with E-state index in [2.05, 4.69) is 4.74 Å². The molecule has 0 aliphatic rings. The predicted molar refractivity (Wildman–Crippen MR) is 56.1 cm³/mol. The monoisotopic (exact) mass is 252 g/mol. The van der Waals surface area contributed by atoms with Crippen molar-refractivity contribution in [3.05, 3.63) is 18.2 Å². The Balaban J connectivity index is 3.06. The molecule has 0 aromatic heterocycles. The van der Waals surface area contributed by atoms with Gasteiger partial charge in [0.2, 0.25) is 0 Å². The Bertz CT molecular complexity index is 352. The summed E-state index contributed by atoms with van der Waals surface area (Å²) in [5.74, 6) is -0.170. The molecular weight excluding hydrogens is 241 g/mol. The van der Waals surface area contributed by atoms with Gasteiger partial charge in [0.15, 0.2) is 11.5 Å². The molecule has 90 valence electrons. The van der Waals surface area contributed by atoms with Gasteiger partial charge in [-0.15, -0.1) is 24.9 Å². The fourth-order valence-corrected chi connectivity index (χ4v) is 1.71. The minimum absolute atomic E-state index is 0.134. The van der Waals surface area contributed by atoms with Gasteiger partial charge < -0.3 is 9.47 Å². The summed E-state index contributed by atoms with van der Waals surface area (Å²) in [6, 6.07) is 4.41. The Kier molecular flexibility index (Phi) is 4.35. The van der Waals surface area contributed by atoms with Crippen LogP contribution in [0.3, 0.4) is 0 Å². The number of halogens is 3. The molecule has 0 aliphatic heterocycles. The zero-order valence-corrected chi connectivity index (χ0v) is 9.61. The Morgan fingerprint density at radius 3 is 2.50 bits per heavy atom. The van der Waals surface area contributed by atoms with Crippen LogP contribution in [-0.4, -0.2) is 19.2 Å². The molecule has 0 radical (unpaired) electrons. The number of alkyl halides is 3. The first kappa shape index (κ1) is 13.0. The zero-order chi connectivity index (χ0) is 12.2. The number of para-hydroxylation sites is 1. The van der Waals surface area contributed by atoms with Gasteiger partial charge in [0.1, 0.15) is 0 Å². The summed E-state index contributed by atoms with van der Waals surface area (Å²) in [6.45, 7) is 1.99. The zero-order valence-electron chi connectivity index (χ0n) is 8.80. The third kappa shape index (κ3) is 3.52. The highest BCUT2D eigenvalue weighted by atomic mass is 32.2. The van der Waals surface area contributed by atoms with E-state index in [1.54, 1.807) is 19.2 Å². The fraction of sp³-hybridized carbons (Fsp3) is 0.400. The topological polar surface area (TPSA) is 18.5 Å². The van der Waals surface area contributed by atoms with Crippen LogP contribution in [0.15, 0.2) is 23.1 Å². The summed E-state index contributed by atoms with van der Waals surface area (Å²) < 4.78 is 45.4. The van der Waals surface area contributed by atoms with Crippen molar-refractivity contribution in [3.8, 4) is 11.5 Å². The van der Waals surface area contributed by atoms with Crippen molar-refractivity contribution < 1.29 is 22.6 Å². The van der Waals surface area contributed by atoms with Gasteiger partial charge in [-0.05, 0) is 25.3 Å². The molecule has 1 aromatic carbocycles. The lowest BCUT2D eigenvalue weighted by Gasteiger charge is -2.15. The first-order valence-electron chi connectivity index (χ1n) is 4.53. The van der Waals surface area contributed by atoms with Gasteiger partial charge in [0, 0.05) is 0 Å². The summed E-state index contributed by atoms with van der Waals surface area (Å²) in [6.07, 6.45) is -2.95. The highest BCUT2D eigenvalue weighted by Crippen LogP contribution is 2.39. The third-order valence-corrected chi connectivity index (χ3v) is 2.44.